The maximum absolute atomic E-state index is 12.3. The van der Waals surface area contributed by atoms with Crippen molar-refractivity contribution in [2.45, 2.75) is 6.42 Å². The Labute approximate surface area is 132 Å². The number of hydrogen-bond donors (Lipinski definition) is 1. The average molecular weight is 320 g/mol. The number of rotatable bonds is 2. The second-order valence-electron chi connectivity index (χ2n) is 4.88. The van der Waals surface area contributed by atoms with E-state index in [2.05, 4.69) is 6.08 Å². The van der Waals surface area contributed by atoms with Crippen molar-refractivity contribution in [1.82, 2.24) is 4.90 Å². The summed E-state index contributed by atoms with van der Waals surface area (Å²) in [6, 6.07) is 10.7. The molecule has 3 nitrogen and oxygen atoms in total. The molecule has 5 heteroatoms. The van der Waals surface area contributed by atoms with E-state index in [0.29, 0.717) is 22.3 Å². The van der Waals surface area contributed by atoms with Crippen molar-refractivity contribution in [3.05, 3.63) is 57.3 Å². The Morgan fingerprint density at radius 1 is 1.19 bits per heavy atom. The summed E-state index contributed by atoms with van der Waals surface area (Å²) in [5.74, 6) is 0.300. The summed E-state index contributed by atoms with van der Waals surface area (Å²) < 4.78 is 0.635. The first-order chi connectivity index (χ1) is 10.1. The van der Waals surface area contributed by atoms with Crippen LogP contribution in [0.15, 0.2) is 42.5 Å². The second kappa shape index (κ2) is 5.92. The van der Waals surface area contributed by atoms with Crippen LogP contribution in [0.3, 0.4) is 0 Å². The lowest BCUT2D eigenvalue weighted by Crippen LogP contribution is -2.34. The molecular formula is C16H14ClNO2S. The molecule has 0 atom stereocenters. The Hall–Kier alpha value is -1.78. The van der Waals surface area contributed by atoms with E-state index in [4.69, 9.17) is 11.6 Å². The minimum atomic E-state index is 0.0351. The molecule has 0 spiro atoms. The van der Waals surface area contributed by atoms with Gasteiger partial charge in [-0.1, -0.05) is 29.8 Å². The van der Waals surface area contributed by atoms with Gasteiger partial charge in [-0.25, -0.2) is 0 Å². The quantitative estimate of drug-likeness (QED) is 0.907. The molecule has 1 N–H and O–H groups in total. The molecule has 1 amide bonds. The molecule has 0 bridgehead atoms. The van der Waals surface area contributed by atoms with Crippen LogP contribution in [-0.4, -0.2) is 29.0 Å². The standard InChI is InChI=1S/C16H14ClNO2S/c17-15-6-5-14(21-15)16(20)18-9-7-12(8-10-18)11-1-3-13(19)4-2-11/h1-7,19H,8-10H2. The maximum atomic E-state index is 12.3. The number of phenolic OH excluding ortho intramolecular Hbond substituents is 1. The van der Waals surface area contributed by atoms with Crippen LogP contribution in [0.1, 0.15) is 21.7 Å². The van der Waals surface area contributed by atoms with Crippen LogP contribution in [-0.2, 0) is 0 Å². The smallest absolute Gasteiger partial charge is 0.264 e. The summed E-state index contributed by atoms with van der Waals surface area (Å²) in [6.07, 6.45) is 2.89. The SMILES string of the molecule is O=C(c1ccc(Cl)s1)N1CC=C(c2ccc(O)cc2)CC1. The fourth-order valence-electron chi connectivity index (χ4n) is 2.38. The van der Waals surface area contributed by atoms with Crippen molar-refractivity contribution in [3.8, 4) is 5.75 Å². The number of hydrogen-bond acceptors (Lipinski definition) is 3. The summed E-state index contributed by atoms with van der Waals surface area (Å²) in [7, 11) is 0. The van der Waals surface area contributed by atoms with Gasteiger partial charge in [0.15, 0.2) is 0 Å². The summed E-state index contributed by atoms with van der Waals surface area (Å²) in [6.45, 7) is 1.30. The molecule has 0 unspecified atom stereocenters. The molecule has 108 valence electrons. The minimum Gasteiger partial charge on any atom is -0.508 e. The molecule has 2 aromatic rings. The first-order valence-electron chi connectivity index (χ1n) is 6.66. The monoisotopic (exact) mass is 319 g/mol. The number of aromatic hydroxyl groups is 1. The first kappa shape index (κ1) is 14.2. The highest BCUT2D eigenvalue weighted by Crippen LogP contribution is 2.27. The van der Waals surface area contributed by atoms with Gasteiger partial charge in [-0.15, -0.1) is 11.3 Å². The highest BCUT2D eigenvalue weighted by atomic mass is 35.5. The van der Waals surface area contributed by atoms with Gasteiger partial charge in [0.05, 0.1) is 9.21 Å². The second-order valence-corrected chi connectivity index (χ2v) is 6.60. The lowest BCUT2D eigenvalue weighted by atomic mass is 9.99. The zero-order valence-corrected chi connectivity index (χ0v) is 12.8. The molecule has 2 heterocycles. The summed E-state index contributed by atoms with van der Waals surface area (Å²) in [5.41, 5.74) is 2.31. The molecular weight excluding hydrogens is 306 g/mol. The van der Waals surface area contributed by atoms with E-state index >= 15 is 0 Å². The van der Waals surface area contributed by atoms with E-state index in [0.717, 1.165) is 12.0 Å². The van der Waals surface area contributed by atoms with Gasteiger partial charge in [-0.2, -0.15) is 0 Å². The average Bonchev–Trinajstić information content (AvgIpc) is 2.94. The fraction of sp³-hybridized carbons (Fsp3) is 0.188. The Balaban J connectivity index is 1.71. The number of phenols is 1. The van der Waals surface area contributed by atoms with Gasteiger partial charge >= 0.3 is 0 Å². The zero-order chi connectivity index (χ0) is 14.8. The van der Waals surface area contributed by atoms with Crippen LogP contribution < -0.4 is 0 Å². The molecule has 1 aliphatic heterocycles. The van der Waals surface area contributed by atoms with E-state index in [1.54, 1.807) is 24.3 Å². The predicted molar refractivity (Wildman–Crippen MR) is 85.9 cm³/mol. The zero-order valence-electron chi connectivity index (χ0n) is 11.3. The van der Waals surface area contributed by atoms with Crippen molar-refractivity contribution >= 4 is 34.4 Å². The van der Waals surface area contributed by atoms with E-state index in [-0.39, 0.29) is 11.7 Å². The lowest BCUT2D eigenvalue weighted by molar-refractivity contribution is 0.0777. The van der Waals surface area contributed by atoms with Gasteiger partial charge in [-0.05, 0) is 41.8 Å². The van der Waals surface area contributed by atoms with Crippen LogP contribution in [0.2, 0.25) is 4.34 Å². The largest absolute Gasteiger partial charge is 0.508 e. The summed E-state index contributed by atoms with van der Waals surface area (Å²) >= 11 is 7.19. The van der Waals surface area contributed by atoms with Crippen molar-refractivity contribution in [2.75, 3.05) is 13.1 Å². The molecule has 0 aliphatic carbocycles. The number of amides is 1. The van der Waals surface area contributed by atoms with E-state index < -0.39 is 0 Å². The maximum Gasteiger partial charge on any atom is 0.264 e. The fourth-order valence-corrected chi connectivity index (χ4v) is 3.39. The van der Waals surface area contributed by atoms with E-state index in [1.807, 2.05) is 17.0 Å². The van der Waals surface area contributed by atoms with Crippen LogP contribution in [0, 0.1) is 0 Å². The van der Waals surface area contributed by atoms with Crippen molar-refractivity contribution < 1.29 is 9.90 Å². The topological polar surface area (TPSA) is 40.5 Å². The van der Waals surface area contributed by atoms with Gasteiger partial charge in [0.2, 0.25) is 0 Å². The molecule has 1 aromatic carbocycles. The molecule has 21 heavy (non-hydrogen) atoms. The number of halogens is 1. The highest BCUT2D eigenvalue weighted by molar-refractivity contribution is 7.17. The van der Waals surface area contributed by atoms with Crippen molar-refractivity contribution in [2.24, 2.45) is 0 Å². The minimum absolute atomic E-state index is 0.0351. The van der Waals surface area contributed by atoms with Crippen LogP contribution in [0.25, 0.3) is 5.57 Å². The molecule has 0 fully saturated rings. The van der Waals surface area contributed by atoms with Crippen LogP contribution >= 0.6 is 22.9 Å². The molecule has 0 saturated carbocycles. The van der Waals surface area contributed by atoms with Gasteiger partial charge < -0.3 is 10.0 Å². The van der Waals surface area contributed by atoms with E-state index in [1.165, 1.54) is 16.9 Å². The third kappa shape index (κ3) is 3.12. The highest BCUT2D eigenvalue weighted by Gasteiger charge is 2.20. The number of thiophene rings is 1. The van der Waals surface area contributed by atoms with E-state index in [9.17, 15) is 9.90 Å². The number of carbonyl (C=O) groups is 1. The number of benzene rings is 1. The summed E-state index contributed by atoms with van der Waals surface area (Å²) in [4.78, 5) is 14.8. The van der Waals surface area contributed by atoms with Gasteiger partial charge in [0.1, 0.15) is 5.75 Å². The Kier molecular flexibility index (Phi) is 3.99. The normalized spacial score (nSPS) is 14.9. The molecule has 0 radical (unpaired) electrons. The Bertz CT molecular complexity index is 691. The van der Waals surface area contributed by atoms with Crippen LogP contribution in [0.5, 0.6) is 5.75 Å². The molecule has 0 saturated heterocycles. The van der Waals surface area contributed by atoms with Crippen LogP contribution in [0.4, 0.5) is 0 Å². The Morgan fingerprint density at radius 3 is 2.52 bits per heavy atom. The van der Waals surface area contributed by atoms with Gasteiger partial charge in [0.25, 0.3) is 5.91 Å². The van der Waals surface area contributed by atoms with Gasteiger partial charge in [-0.3, -0.25) is 4.79 Å². The summed E-state index contributed by atoms with van der Waals surface area (Å²) in [5, 5.41) is 9.32. The Morgan fingerprint density at radius 2 is 1.95 bits per heavy atom. The lowest BCUT2D eigenvalue weighted by Gasteiger charge is -2.26. The number of carbonyl (C=O) groups excluding carboxylic acids is 1. The first-order valence-corrected chi connectivity index (χ1v) is 7.86. The molecule has 1 aromatic heterocycles. The molecule has 1 aliphatic rings. The van der Waals surface area contributed by atoms with Gasteiger partial charge in [0, 0.05) is 13.1 Å². The predicted octanol–water partition coefficient (Wildman–Crippen LogP) is 4.04. The third-order valence-corrected chi connectivity index (χ3v) is 4.74. The van der Waals surface area contributed by atoms with Crippen molar-refractivity contribution in [3.63, 3.8) is 0 Å². The van der Waals surface area contributed by atoms with Crippen molar-refractivity contribution in [1.29, 1.82) is 0 Å². The number of nitrogens with zero attached hydrogens (tertiary/aromatic N) is 1. The molecule has 3 rings (SSSR count). The third-order valence-electron chi connectivity index (χ3n) is 3.52.